The average molecular weight is 471 g/mol. The lowest BCUT2D eigenvalue weighted by Crippen LogP contribution is -2.36. The molecule has 2 heterocycles. The minimum absolute atomic E-state index is 0.268. The van der Waals surface area contributed by atoms with Crippen LogP contribution < -0.4 is 4.90 Å². The third kappa shape index (κ3) is 6.62. The van der Waals surface area contributed by atoms with E-state index < -0.39 is 9.84 Å². The van der Waals surface area contributed by atoms with Crippen LogP contribution in [0.15, 0.2) is 65.6 Å². The number of aliphatic hydroxyl groups is 1. The molecule has 0 spiro atoms. The highest BCUT2D eigenvalue weighted by Gasteiger charge is 2.20. The van der Waals surface area contributed by atoms with Gasteiger partial charge in [-0.1, -0.05) is 32.4 Å². The van der Waals surface area contributed by atoms with Crippen LogP contribution in [-0.4, -0.2) is 44.0 Å². The summed E-state index contributed by atoms with van der Waals surface area (Å²) in [5.41, 5.74) is 3.27. The minimum Gasteiger partial charge on any atom is -0.393 e. The minimum atomic E-state index is -3.27. The summed E-state index contributed by atoms with van der Waals surface area (Å²) < 4.78 is 36.9. The van der Waals surface area contributed by atoms with E-state index in [0.717, 1.165) is 22.5 Å². The van der Waals surface area contributed by atoms with Crippen LogP contribution in [0, 0.1) is 5.82 Å². The molecule has 1 aromatic heterocycles. The van der Waals surface area contributed by atoms with Gasteiger partial charge in [0.2, 0.25) is 0 Å². The van der Waals surface area contributed by atoms with Gasteiger partial charge in [-0.25, -0.2) is 17.8 Å². The number of aromatic nitrogens is 1. The van der Waals surface area contributed by atoms with Gasteiger partial charge in [0.1, 0.15) is 11.6 Å². The topological polar surface area (TPSA) is 70.5 Å². The number of sulfone groups is 1. The number of hydrogen-bond donors (Lipinski definition) is 1. The van der Waals surface area contributed by atoms with E-state index in [1.54, 1.807) is 36.4 Å². The van der Waals surface area contributed by atoms with E-state index in [4.69, 9.17) is 4.98 Å². The van der Waals surface area contributed by atoms with Gasteiger partial charge in [-0.3, -0.25) is 0 Å². The van der Waals surface area contributed by atoms with Gasteiger partial charge in [-0.15, -0.1) is 0 Å². The van der Waals surface area contributed by atoms with Crippen molar-refractivity contribution < 1.29 is 17.9 Å². The molecule has 1 saturated heterocycles. The maximum Gasteiger partial charge on any atom is 0.175 e. The van der Waals surface area contributed by atoms with Crippen molar-refractivity contribution in [3.05, 3.63) is 66.5 Å². The smallest absolute Gasteiger partial charge is 0.175 e. The van der Waals surface area contributed by atoms with Crippen molar-refractivity contribution in [3.63, 3.8) is 0 Å². The number of anilines is 1. The number of nitrogens with zero attached hydrogens (tertiary/aromatic N) is 2. The Hall–Kier alpha value is -2.77. The normalized spacial score (nSPS) is 14.5. The molecule has 0 bridgehead atoms. The zero-order chi connectivity index (χ0) is 24.0. The van der Waals surface area contributed by atoms with E-state index in [1.165, 1.54) is 24.8 Å². The predicted molar refractivity (Wildman–Crippen MR) is 132 cm³/mol. The van der Waals surface area contributed by atoms with Gasteiger partial charge >= 0.3 is 0 Å². The fourth-order valence-corrected chi connectivity index (χ4v) is 4.23. The van der Waals surface area contributed by atoms with Gasteiger partial charge in [-0.2, -0.15) is 0 Å². The lowest BCUT2D eigenvalue weighted by molar-refractivity contribution is 0.145. The molecule has 0 saturated carbocycles. The second-order valence-corrected chi connectivity index (χ2v) is 10.3. The maximum absolute atomic E-state index is 13.4. The quantitative estimate of drug-likeness (QED) is 0.558. The SMILES string of the molecule is CCC.CS(=O)(=O)c1ccc(-c2cc(-c3ccc(F)cc3)nc(N3CCC(O)CC3)c2)cc1. The van der Waals surface area contributed by atoms with Crippen molar-refractivity contribution in [2.75, 3.05) is 24.2 Å². The van der Waals surface area contributed by atoms with Crippen molar-refractivity contribution in [1.29, 1.82) is 0 Å². The van der Waals surface area contributed by atoms with Gasteiger partial charge in [0.15, 0.2) is 9.84 Å². The molecule has 0 aliphatic carbocycles. The molecule has 7 heteroatoms. The Morgan fingerprint density at radius 2 is 1.48 bits per heavy atom. The van der Waals surface area contributed by atoms with E-state index in [2.05, 4.69) is 18.7 Å². The lowest BCUT2D eigenvalue weighted by Gasteiger charge is -2.31. The van der Waals surface area contributed by atoms with Crippen molar-refractivity contribution >= 4 is 15.7 Å². The van der Waals surface area contributed by atoms with Gasteiger partial charge in [0.05, 0.1) is 16.7 Å². The van der Waals surface area contributed by atoms with Crippen molar-refractivity contribution in [3.8, 4) is 22.4 Å². The Morgan fingerprint density at radius 3 is 2.03 bits per heavy atom. The molecule has 33 heavy (non-hydrogen) atoms. The molecule has 0 radical (unpaired) electrons. The summed E-state index contributed by atoms with van der Waals surface area (Å²) in [6, 6.07) is 16.8. The standard InChI is InChI=1S/C23H23FN2O3S.C3H8/c1-30(28,29)21-8-4-16(5-9-21)18-14-22(17-2-6-19(24)7-3-17)25-23(15-18)26-12-10-20(27)11-13-26;1-3-2/h2-9,14-15,20,27H,10-13H2,1H3;3H2,1-2H3. The largest absolute Gasteiger partial charge is 0.393 e. The monoisotopic (exact) mass is 470 g/mol. The molecular formula is C26H31FN2O3S. The summed E-state index contributed by atoms with van der Waals surface area (Å²) in [5, 5.41) is 9.83. The Bertz CT molecular complexity index is 1160. The molecule has 3 aromatic rings. The molecule has 5 nitrogen and oxygen atoms in total. The van der Waals surface area contributed by atoms with Crippen LogP contribution >= 0.6 is 0 Å². The number of halogens is 1. The first-order valence-electron chi connectivity index (χ1n) is 11.2. The molecule has 0 amide bonds. The summed E-state index contributed by atoms with van der Waals surface area (Å²) in [6.45, 7) is 5.65. The van der Waals surface area contributed by atoms with Crippen molar-refractivity contribution in [2.45, 2.75) is 44.1 Å². The highest BCUT2D eigenvalue weighted by atomic mass is 32.2. The molecular weight excluding hydrogens is 439 g/mol. The molecule has 0 atom stereocenters. The van der Waals surface area contributed by atoms with Crippen molar-refractivity contribution in [2.24, 2.45) is 0 Å². The lowest BCUT2D eigenvalue weighted by atomic mass is 10.0. The second kappa shape index (κ2) is 10.9. The van der Waals surface area contributed by atoms with Gasteiger partial charge in [-0.05, 0) is 72.5 Å². The van der Waals surface area contributed by atoms with E-state index >= 15 is 0 Å². The molecule has 1 fully saturated rings. The predicted octanol–water partition coefficient (Wildman–Crippen LogP) is 5.34. The third-order valence-corrected chi connectivity index (χ3v) is 6.48. The van der Waals surface area contributed by atoms with Crippen LogP contribution in [-0.2, 0) is 9.84 Å². The fraction of sp³-hybridized carbons (Fsp3) is 0.346. The molecule has 0 unspecified atom stereocenters. The second-order valence-electron chi connectivity index (χ2n) is 8.33. The number of piperidine rings is 1. The molecule has 1 aliphatic heterocycles. The highest BCUT2D eigenvalue weighted by Crippen LogP contribution is 2.31. The van der Waals surface area contributed by atoms with Crippen LogP contribution in [0.25, 0.3) is 22.4 Å². The zero-order valence-electron chi connectivity index (χ0n) is 19.3. The number of rotatable bonds is 4. The summed E-state index contributed by atoms with van der Waals surface area (Å²) in [4.78, 5) is 7.19. The fourth-order valence-electron chi connectivity index (χ4n) is 3.60. The maximum atomic E-state index is 13.4. The number of hydrogen-bond acceptors (Lipinski definition) is 5. The van der Waals surface area contributed by atoms with Crippen LogP contribution in [0.5, 0.6) is 0 Å². The first-order chi connectivity index (χ1) is 15.7. The van der Waals surface area contributed by atoms with Gasteiger partial charge in [0, 0.05) is 24.9 Å². The number of aliphatic hydroxyl groups excluding tert-OH is 1. The molecule has 2 aromatic carbocycles. The first-order valence-corrected chi connectivity index (χ1v) is 13.1. The van der Waals surface area contributed by atoms with E-state index in [9.17, 15) is 17.9 Å². The summed E-state index contributed by atoms with van der Waals surface area (Å²) in [6.07, 6.45) is 3.51. The van der Waals surface area contributed by atoms with E-state index in [-0.39, 0.29) is 16.8 Å². The average Bonchev–Trinajstić information content (AvgIpc) is 2.80. The molecule has 1 N–H and O–H groups in total. The van der Waals surface area contributed by atoms with Crippen LogP contribution in [0.2, 0.25) is 0 Å². The summed E-state index contributed by atoms with van der Waals surface area (Å²) >= 11 is 0. The zero-order valence-corrected chi connectivity index (χ0v) is 20.1. The first kappa shape index (κ1) is 24.9. The Kier molecular flexibility index (Phi) is 8.21. The molecule has 1 aliphatic rings. The number of pyridine rings is 1. The van der Waals surface area contributed by atoms with E-state index in [0.29, 0.717) is 31.6 Å². The Balaban J connectivity index is 0.000000968. The van der Waals surface area contributed by atoms with Crippen LogP contribution in [0.4, 0.5) is 10.2 Å². The van der Waals surface area contributed by atoms with E-state index in [1.807, 2.05) is 12.1 Å². The van der Waals surface area contributed by atoms with Crippen LogP contribution in [0.3, 0.4) is 0 Å². The van der Waals surface area contributed by atoms with Gasteiger partial charge in [0.25, 0.3) is 0 Å². The van der Waals surface area contributed by atoms with Crippen LogP contribution in [0.1, 0.15) is 33.1 Å². The molecule has 4 rings (SSSR count). The summed E-state index contributed by atoms with van der Waals surface area (Å²) in [7, 11) is -3.27. The Labute approximate surface area is 195 Å². The summed E-state index contributed by atoms with van der Waals surface area (Å²) in [5.74, 6) is 0.474. The Morgan fingerprint density at radius 1 is 0.939 bits per heavy atom. The third-order valence-electron chi connectivity index (χ3n) is 5.36. The number of benzene rings is 2. The van der Waals surface area contributed by atoms with Gasteiger partial charge < -0.3 is 10.0 Å². The molecule has 176 valence electrons. The highest BCUT2D eigenvalue weighted by molar-refractivity contribution is 7.90. The van der Waals surface area contributed by atoms with Crippen molar-refractivity contribution in [1.82, 2.24) is 4.98 Å².